The highest BCUT2D eigenvalue weighted by atomic mass is 35.5. The topological polar surface area (TPSA) is 72.9 Å². The quantitative estimate of drug-likeness (QED) is 0.877. The van der Waals surface area contributed by atoms with Crippen LogP contribution in [0.2, 0.25) is 0 Å². The third-order valence-corrected chi connectivity index (χ3v) is 3.43. The van der Waals surface area contributed by atoms with E-state index >= 15 is 0 Å². The van der Waals surface area contributed by atoms with E-state index in [0.717, 1.165) is 16.9 Å². The van der Waals surface area contributed by atoms with Crippen molar-refractivity contribution in [2.24, 2.45) is 11.1 Å². The molecular weight excluding hydrogens is 345 g/mol. The van der Waals surface area contributed by atoms with E-state index in [1.165, 1.54) is 24.3 Å². The first kappa shape index (κ1) is 20.0. The number of nitrogens with two attached hydrogens (primary N) is 1. The molecule has 0 saturated carbocycles. The van der Waals surface area contributed by atoms with Crippen LogP contribution >= 0.6 is 12.4 Å². The van der Waals surface area contributed by atoms with E-state index in [2.05, 4.69) is 10.4 Å². The zero-order valence-electron chi connectivity index (χ0n) is 13.1. The van der Waals surface area contributed by atoms with Gasteiger partial charge in [0.2, 0.25) is 5.91 Å². The lowest BCUT2D eigenvalue weighted by molar-refractivity contribution is -0.142. The van der Waals surface area contributed by atoms with Gasteiger partial charge in [0.15, 0.2) is 0 Å². The van der Waals surface area contributed by atoms with Crippen molar-refractivity contribution in [3.8, 4) is 5.69 Å². The number of benzene rings is 1. The molecule has 1 amide bonds. The average molecular weight is 363 g/mol. The molecule has 0 saturated heterocycles. The Kier molecular flexibility index (Phi) is 6.02. The molecule has 0 fully saturated rings. The first-order chi connectivity index (χ1) is 10.6. The van der Waals surface area contributed by atoms with Gasteiger partial charge in [0.1, 0.15) is 5.69 Å². The van der Waals surface area contributed by atoms with E-state index in [-0.39, 0.29) is 30.5 Å². The fraction of sp³-hybridized carbons (Fsp3) is 0.333. The fourth-order valence-electron chi connectivity index (χ4n) is 1.80. The number of hydrogen-bond acceptors (Lipinski definition) is 3. The first-order valence-corrected chi connectivity index (χ1v) is 6.88. The van der Waals surface area contributed by atoms with Gasteiger partial charge in [0.25, 0.3) is 0 Å². The lowest BCUT2D eigenvalue weighted by Gasteiger charge is -2.21. The van der Waals surface area contributed by atoms with Crippen LogP contribution in [-0.4, -0.2) is 22.2 Å². The van der Waals surface area contributed by atoms with Crippen molar-refractivity contribution in [1.29, 1.82) is 0 Å². The van der Waals surface area contributed by atoms with Crippen molar-refractivity contribution in [2.45, 2.75) is 20.0 Å². The molecule has 0 aliphatic heterocycles. The summed E-state index contributed by atoms with van der Waals surface area (Å²) in [6, 6.07) is 6.84. The summed E-state index contributed by atoms with van der Waals surface area (Å²) in [5, 5.41) is 6.37. The maximum atomic E-state index is 12.9. The highest BCUT2D eigenvalue weighted by molar-refractivity contribution is 5.95. The molecule has 3 N–H and O–H groups in total. The predicted octanol–water partition coefficient (Wildman–Crippen LogP) is 3.24. The van der Waals surface area contributed by atoms with Gasteiger partial charge in [-0.2, -0.15) is 18.3 Å². The monoisotopic (exact) mass is 362 g/mol. The van der Waals surface area contributed by atoms with Gasteiger partial charge in [-0.1, -0.05) is 0 Å². The number of aromatic nitrogens is 2. The van der Waals surface area contributed by atoms with E-state index in [0.29, 0.717) is 5.69 Å². The Balaban J connectivity index is 0.00000288. The van der Waals surface area contributed by atoms with Crippen molar-refractivity contribution < 1.29 is 18.0 Å². The number of hydrogen-bond donors (Lipinski definition) is 2. The Hall–Kier alpha value is -2.06. The molecule has 0 radical (unpaired) electrons. The Morgan fingerprint density at radius 1 is 1.21 bits per heavy atom. The molecular formula is C15H18ClF3N4O. The summed E-state index contributed by atoms with van der Waals surface area (Å²) >= 11 is 0. The molecule has 1 aromatic carbocycles. The van der Waals surface area contributed by atoms with E-state index in [1.807, 2.05) is 0 Å². The van der Waals surface area contributed by atoms with Crippen LogP contribution in [0.4, 0.5) is 18.9 Å². The summed E-state index contributed by atoms with van der Waals surface area (Å²) in [4.78, 5) is 12.0. The van der Waals surface area contributed by atoms with E-state index in [4.69, 9.17) is 5.73 Å². The molecule has 2 rings (SSSR count). The highest BCUT2D eigenvalue weighted by Crippen LogP contribution is 2.30. The first-order valence-electron chi connectivity index (χ1n) is 6.88. The van der Waals surface area contributed by atoms with Crippen LogP contribution in [0.15, 0.2) is 36.5 Å². The third kappa shape index (κ3) is 4.27. The minimum Gasteiger partial charge on any atom is -0.329 e. The number of nitrogens with zero attached hydrogens (tertiary/aromatic N) is 2. The summed E-state index contributed by atoms with van der Waals surface area (Å²) in [6.45, 7) is 3.59. The van der Waals surface area contributed by atoms with Crippen LogP contribution in [0.25, 0.3) is 5.69 Å². The van der Waals surface area contributed by atoms with Crippen LogP contribution < -0.4 is 11.1 Å². The molecule has 0 unspecified atom stereocenters. The molecule has 0 spiro atoms. The Morgan fingerprint density at radius 3 is 2.29 bits per heavy atom. The number of alkyl halides is 3. The summed E-state index contributed by atoms with van der Waals surface area (Å²) in [7, 11) is 0. The van der Waals surface area contributed by atoms with Crippen molar-refractivity contribution in [2.75, 3.05) is 11.9 Å². The molecule has 0 atom stereocenters. The molecule has 1 aromatic heterocycles. The molecule has 5 nitrogen and oxygen atoms in total. The number of rotatable bonds is 4. The Bertz CT molecular complexity index is 695. The predicted molar refractivity (Wildman–Crippen MR) is 87.3 cm³/mol. The summed E-state index contributed by atoms with van der Waals surface area (Å²) in [6.07, 6.45) is -3.41. The van der Waals surface area contributed by atoms with E-state index in [1.54, 1.807) is 13.8 Å². The zero-order chi connectivity index (χ0) is 17.3. The lowest BCUT2D eigenvalue weighted by Crippen LogP contribution is -2.37. The number of halogens is 4. The number of carbonyl (C=O) groups excluding carboxylic acids is 1. The van der Waals surface area contributed by atoms with Gasteiger partial charge in [-0.25, -0.2) is 4.68 Å². The maximum absolute atomic E-state index is 12.9. The molecule has 2 aromatic rings. The van der Waals surface area contributed by atoms with Gasteiger partial charge < -0.3 is 11.1 Å². The second-order valence-electron chi connectivity index (χ2n) is 5.72. The standard InChI is InChI=1S/C15H17F3N4O.ClH/c1-14(2,9-19)13(23)21-10-3-5-11(6-4-10)22-12(7-8-20-22)15(16,17)18;/h3-8H,9,19H2,1-2H3,(H,21,23);1H. The summed E-state index contributed by atoms with van der Waals surface area (Å²) in [5.74, 6) is -0.261. The van der Waals surface area contributed by atoms with Gasteiger partial charge in [-0.05, 0) is 44.2 Å². The fourth-order valence-corrected chi connectivity index (χ4v) is 1.80. The summed E-state index contributed by atoms with van der Waals surface area (Å²) in [5.41, 5.74) is 4.65. The van der Waals surface area contributed by atoms with Crippen LogP contribution in [0.1, 0.15) is 19.5 Å². The van der Waals surface area contributed by atoms with Gasteiger partial charge in [0, 0.05) is 12.2 Å². The van der Waals surface area contributed by atoms with Gasteiger partial charge in [-0.15, -0.1) is 12.4 Å². The van der Waals surface area contributed by atoms with E-state index in [9.17, 15) is 18.0 Å². The van der Waals surface area contributed by atoms with Crippen molar-refractivity contribution >= 4 is 24.0 Å². The van der Waals surface area contributed by atoms with Gasteiger partial charge >= 0.3 is 6.18 Å². The second kappa shape index (κ2) is 7.23. The van der Waals surface area contributed by atoms with Crippen molar-refractivity contribution in [3.63, 3.8) is 0 Å². The number of anilines is 1. The summed E-state index contributed by atoms with van der Waals surface area (Å²) < 4.78 is 39.4. The molecule has 1 heterocycles. The largest absolute Gasteiger partial charge is 0.433 e. The third-order valence-electron chi connectivity index (χ3n) is 3.43. The molecule has 0 aliphatic carbocycles. The highest BCUT2D eigenvalue weighted by Gasteiger charge is 2.35. The van der Waals surface area contributed by atoms with Crippen LogP contribution in [0.5, 0.6) is 0 Å². The number of amides is 1. The second-order valence-corrected chi connectivity index (χ2v) is 5.72. The van der Waals surface area contributed by atoms with Crippen LogP contribution in [0, 0.1) is 5.41 Å². The molecule has 132 valence electrons. The molecule has 24 heavy (non-hydrogen) atoms. The number of nitrogens with one attached hydrogen (secondary N) is 1. The minimum absolute atomic E-state index is 0. The minimum atomic E-state index is -4.49. The molecule has 0 bridgehead atoms. The zero-order valence-corrected chi connectivity index (χ0v) is 13.9. The lowest BCUT2D eigenvalue weighted by atomic mass is 9.92. The normalized spacial score (nSPS) is 11.8. The van der Waals surface area contributed by atoms with Gasteiger partial charge in [0.05, 0.1) is 17.3 Å². The Morgan fingerprint density at radius 2 is 1.79 bits per heavy atom. The van der Waals surface area contributed by atoms with Crippen molar-refractivity contribution in [3.05, 3.63) is 42.2 Å². The number of carbonyl (C=O) groups is 1. The van der Waals surface area contributed by atoms with Crippen molar-refractivity contribution in [1.82, 2.24) is 9.78 Å². The van der Waals surface area contributed by atoms with Gasteiger partial charge in [-0.3, -0.25) is 4.79 Å². The average Bonchev–Trinajstić information content (AvgIpc) is 2.97. The molecule has 9 heteroatoms. The SMILES string of the molecule is CC(C)(CN)C(=O)Nc1ccc(-n2nccc2C(F)(F)F)cc1.Cl. The van der Waals surface area contributed by atoms with Crippen LogP contribution in [0.3, 0.4) is 0 Å². The van der Waals surface area contributed by atoms with E-state index < -0.39 is 17.3 Å². The van der Waals surface area contributed by atoms with Crippen LogP contribution in [-0.2, 0) is 11.0 Å². The maximum Gasteiger partial charge on any atom is 0.433 e. The Labute approximate surface area is 143 Å². The smallest absolute Gasteiger partial charge is 0.329 e. The molecule has 0 aliphatic rings.